The predicted molar refractivity (Wildman–Crippen MR) is 63.9 cm³/mol. The van der Waals surface area contributed by atoms with Gasteiger partial charge in [0.2, 0.25) is 0 Å². The highest BCUT2D eigenvalue weighted by molar-refractivity contribution is 4.86. The van der Waals surface area contributed by atoms with Gasteiger partial charge in [-0.1, -0.05) is 19.8 Å². The van der Waals surface area contributed by atoms with E-state index in [0.717, 1.165) is 6.54 Å². The highest BCUT2D eigenvalue weighted by Gasteiger charge is 2.17. The summed E-state index contributed by atoms with van der Waals surface area (Å²) in [5.74, 6) is 1.49. The molecule has 86 valence electrons. The van der Waals surface area contributed by atoms with Gasteiger partial charge in [0, 0.05) is 6.42 Å². The summed E-state index contributed by atoms with van der Waals surface area (Å²) in [5.41, 5.74) is 0. The molecular formula is C13H25N2+. The fraction of sp³-hybridized carbons (Fsp3) is 0.769. The van der Waals surface area contributed by atoms with Crippen molar-refractivity contribution in [3.8, 4) is 0 Å². The lowest BCUT2D eigenvalue weighted by atomic mass is 10.2. The van der Waals surface area contributed by atoms with Gasteiger partial charge >= 0.3 is 0 Å². The average molecular weight is 209 g/mol. The molecule has 0 radical (unpaired) electrons. The molecule has 0 amide bonds. The van der Waals surface area contributed by atoms with Gasteiger partial charge in [-0.3, -0.25) is 0 Å². The molecule has 0 aliphatic rings. The van der Waals surface area contributed by atoms with Gasteiger partial charge < -0.3 is 0 Å². The van der Waals surface area contributed by atoms with E-state index in [2.05, 4.69) is 49.2 Å². The molecule has 0 spiro atoms. The van der Waals surface area contributed by atoms with E-state index in [9.17, 15) is 0 Å². The topological polar surface area (TPSA) is 8.81 Å². The zero-order valence-electron chi connectivity index (χ0n) is 10.7. The number of nitrogens with zero attached hydrogens (tertiary/aromatic N) is 2. The summed E-state index contributed by atoms with van der Waals surface area (Å²) in [5, 5.41) is 0. The second kappa shape index (κ2) is 5.94. The summed E-state index contributed by atoms with van der Waals surface area (Å²) < 4.78 is 4.77. The third-order valence-corrected chi connectivity index (χ3v) is 2.94. The first-order chi connectivity index (χ1) is 7.20. The van der Waals surface area contributed by atoms with Crippen LogP contribution in [0.15, 0.2) is 12.4 Å². The number of unbranched alkanes of at least 4 members (excludes halogenated alkanes) is 2. The van der Waals surface area contributed by atoms with E-state index in [1.54, 1.807) is 0 Å². The van der Waals surface area contributed by atoms with Crippen molar-refractivity contribution in [2.24, 2.45) is 0 Å². The smallest absolute Gasteiger partial charge is 0.235 e. The van der Waals surface area contributed by atoms with E-state index < -0.39 is 0 Å². The highest BCUT2D eigenvalue weighted by Crippen LogP contribution is 2.10. The molecule has 2 heteroatoms. The number of hydrogen-bond donors (Lipinski definition) is 0. The molecule has 0 N–H and O–H groups in total. The zero-order valence-corrected chi connectivity index (χ0v) is 10.7. The molecule has 1 rings (SSSR count). The SMILES string of the molecule is CCCCCc1n(C(C)C)cc[n+]1CC. The number of aromatic nitrogens is 2. The minimum atomic E-state index is 0.578. The Balaban J connectivity index is 2.75. The third-order valence-electron chi connectivity index (χ3n) is 2.94. The Morgan fingerprint density at radius 2 is 2.00 bits per heavy atom. The molecule has 1 heterocycles. The van der Waals surface area contributed by atoms with Crippen LogP contribution in [-0.4, -0.2) is 4.57 Å². The van der Waals surface area contributed by atoms with Crippen molar-refractivity contribution in [2.75, 3.05) is 0 Å². The molecule has 0 aliphatic carbocycles. The number of imidazole rings is 1. The van der Waals surface area contributed by atoms with Crippen LogP contribution in [0.2, 0.25) is 0 Å². The van der Waals surface area contributed by atoms with Gasteiger partial charge in [0.05, 0.1) is 12.6 Å². The molecule has 2 nitrogen and oxygen atoms in total. The average Bonchev–Trinajstić information content (AvgIpc) is 2.61. The van der Waals surface area contributed by atoms with Crippen LogP contribution in [0, 0.1) is 0 Å². The maximum absolute atomic E-state index is 2.40. The molecule has 0 aliphatic heterocycles. The van der Waals surface area contributed by atoms with Gasteiger partial charge in [0.1, 0.15) is 12.4 Å². The van der Waals surface area contributed by atoms with Crippen molar-refractivity contribution in [1.29, 1.82) is 0 Å². The Kier molecular flexibility index (Phi) is 4.86. The fourth-order valence-electron chi connectivity index (χ4n) is 2.04. The Bertz CT molecular complexity index is 287. The van der Waals surface area contributed by atoms with Crippen LogP contribution in [0.4, 0.5) is 0 Å². The maximum Gasteiger partial charge on any atom is 0.256 e. The van der Waals surface area contributed by atoms with Gasteiger partial charge in [-0.15, -0.1) is 0 Å². The Morgan fingerprint density at radius 1 is 1.27 bits per heavy atom. The molecule has 0 saturated carbocycles. The van der Waals surface area contributed by atoms with Crippen LogP contribution >= 0.6 is 0 Å². The molecule has 1 aromatic rings. The minimum Gasteiger partial charge on any atom is -0.235 e. The van der Waals surface area contributed by atoms with Crippen molar-refractivity contribution < 1.29 is 4.57 Å². The van der Waals surface area contributed by atoms with Crippen LogP contribution in [0.25, 0.3) is 0 Å². The van der Waals surface area contributed by atoms with Crippen molar-refractivity contribution in [3.05, 3.63) is 18.2 Å². The van der Waals surface area contributed by atoms with E-state index in [1.807, 2.05) is 0 Å². The number of hydrogen-bond acceptors (Lipinski definition) is 0. The molecule has 0 aromatic carbocycles. The quantitative estimate of drug-likeness (QED) is 0.503. The molecule has 0 fully saturated rings. The van der Waals surface area contributed by atoms with Gasteiger partial charge in [-0.25, -0.2) is 9.13 Å². The fourth-order valence-corrected chi connectivity index (χ4v) is 2.04. The Labute approximate surface area is 93.9 Å². The third kappa shape index (κ3) is 3.08. The standard InChI is InChI=1S/C13H25N2/c1-5-7-8-9-13-14(6-2)10-11-15(13)12(3)4/h10-12H,5-9H2,1-4H3/q+1. The first-order valence-electron chi connectivity index (χ1n) is 6.29. The monoisotopic (exact) mass is 209 g/mol. The van der Waals surface area contributed by atoms with E-state index in [0.29, 0.717) is 6.04 Å². The van der Waals surface area contributed by atoms with Crippen LogP contribution in [-0.2, 0) is 13.0 Å². The summed E-state index contributed by atoms with van der Waals surface area (Å²) in [6.45, 7) is 10.1. The lowest BCUT2D eigenvalue weighted by molar-refractivity contribution is -0.700. The Morgan fingerprint density at radius 3 is 2.53 bits per heavy atom. The number of aryl methyl sites for hydroxylation is 1. The highest BCUT2D eigenvalue weighted by atomic mass is 15.2. The van der Waals surface area contributed by atoms with Gasteiger partial charge in [0.15, 0.2) is 0 Å². The molecular weight excluding hydrogens is 184 g/mol. The van der Waals surface area contributed by atoms with E-state index in [4.69, 9.17) is 0 Å². The van der Waals surface area contributed by atoms with E-state index >= 15 is 0 Å². The summed E-state index contributed by atoms with van der Waals surface area (Å²) in [6, 6.07) is 0.578. The second-order valence-corrected chi connectivity index (χ2v) is 4.46. The van der Waals surface area contributed by atoms with Crippen molar-refractivity contribution in [1.82, 2.24) is 4.57 Å². The summed E-state index contributed by atoms with van der Waals surface area (Å²) in [7, 11) is 0. The summed E-state index contributed by atoms with van der Waals surface area (Å²) >= 11 is 0. The first-order valence-corrected chi connectivity index (χ1v) is 6.29. The predicted octanol–water partition coefficient (Wildman–Crippen LogP) is 3.11. The Hall–Kier alpha value is -0.790. The summed E-state index contributed by atoms with van der Waals surface area (Å²) in [6.07, 6.45) is 9.60. The normalized spacial score (nSPS) is 11.3. The van der Waals surface area contributed by atoms with Crippen molar-refractivity contribution >= 4 is 0 Å². The molecule has 0 saturated heterocycles. The van der Waals surface area contributed by atoms with Crippen LogP contribution in [0.3, 0.4) is 0 Å². The van der Waals surface area contributed by atoms with Crippen LogP contribution in [0.5, 0.6) is 0 Å². The molecule has 0 unspecified atom stereocenters. The largest absolute Gasteiger partial charge is 0.256 e. The lowest BCUT2D eigenvalue weighted by Gasteiger charge is -2.06. The second-order valence-electron chi connectivity index (χ2n) is 4.46. The zero-order chi connectivity index (χ0) is 11.3. The van der Waals surface area contributed by atoms with Crippen molar-refractivity contribution in [3.63, 3.8) is 0 Å². The lowest BCUT2D eigenvalue weighted by Crippen LogP contribution is -2.36. The molecule has 0 atom stereocenters. The van der Waals surface area contributed by atoms with Crippen LogP contribution < -0.4 is 4.57 Å². The van der Waals surface area contributed by atoms with E-state index in [1.165, 1.54) is 31.5 Å². The maximum atomic E-state index is 2.40. The minimum absolute atomic E-state index is 0.578. The van der Waals surface area contributed by atoms with Gasteiger partial charge in [0.25, 0.3) is 5.82 Å². The molecule has 1 aromatic heterocycles. The molecule has 0 bridgehead atoms. The van der Waals surface area contributed by atoms with Gasteiger partial charge in [-0.05, 0) is 27.2 Å². The summed E-state index contributed by atoms with van der Waals surface area (Å²) in [4.78, 5) is 0. The van der Waals surface area contributed by atoms with E-state index in [-0.39, 0.29) is 0 Å². The first kappa shape index (κ1) is 12.3. The number of rotatable bonds is 6. The van der Waals surface area contributed by atoms with Gasteiger partial charge in [-0.2, -0.15) is 0 Å². The molecule has 15 heavy (non-hydrogen) atoms. The van der Waals surface area contributed by atoms with Crippen molar-refractivity contribution in [2.45, 2.75) is 66.0 Å². The van der Waals surface area contributed by atoms with Crippen LogP contribution in [0.1, 0.15) is 58.8 Å².